The van der Waals surface area contributed by atoms with Gasteiger partial charge in [-0.1, -0.05) is 54.0 Å². The van der Waals surface area contributed by atoms with Crippen LogP contribution < -0.4 is 10.1 Å². The summed E-state index contributed by atoms with van der Waals surface area (Å²) in [6.45, 7) is 6.88. The Balaban J connectivity index is 1.73. The molecule has 4 aromatic rings. The minimum atomic E-state index is -0.181. The zero-order valence-corrected chi connectivity index (χ0v) is 19.9. The van der Waals surface area contributed by atoms with Crippen LogP contribution in [0, 0.1) is 0 Å². The summed E-state index contributed by atoms with van der Waals surface area (Å²) in [4.78, 5) is 18.1. The van der Waals surface area contributed by atoms with Crippen LogP contribution in [-0.2, 0) is 0 Å². The molecule has 0 spiro atoms. The number of ether oxygens (including phenoxy) is 1. The summed E-state index contributed by atoms with van der Waals surface area (Å²) in [7, 11) is 0. The predicted molar refractivity (Wildman–Crippen MR) is 135 cm³/mol. The Bertz CT molecular complexity index is 1250. The van der Waals surface area contributed by atoms with Crippen LogP contribution in [0.2, 0.25) is 0 Å². The van der Waals surface area contributed by atoms with E-state index in [0.29, 0.717) is 23.8 Å². The molecule has 1 heterocycles. The van der Waals surface area contributed by atoms with Gasteiger partial charge in [-0.2, -0.15) is 0 Å². The number of rotatable bonds is 6. The zero-order valence-electron chi connectivity index (χ0n) is 18.4. The first-order chi connectivity index (χ1) is 15.4. The number of anilines is 1. The molecule has 0 atom stereocenters. The number of aromatic nitrogens is 1. The molecule has 0 fully saturated rings. The van der Waals surface area contributed by atoms with Crippen molar-refractivity contribution in [2.24, 2.45) is 0 Å². The third-order valence-electron chi connectivity index (χ3n) is 5.31. The van der Waals surface area contributed by atoms with E-state index in [1.54, 1.807) is 0 Å². The maximum absolute atomic E-state index is 13.3. The summed E-state index contributed by atoms with van der Waals surface area (Å²) in [5, 5.41) is 3.80. The van der Waals surface area contributed by atoms with Gasteiger partial charge in [-0.3, -0.25) is 4.79 Å². The molecule has 3 aromatic carbocycles. The molecular weight excluding hydrogens is 464 g/mol. The summed E-state index contributed by atoms with van der Waals surface area (Å²) in [5.41, 5.74) is 5.08. The van der Waals surface area contributed by atoms with Crippen LogP contribution >= 0.6 is 15.9 Å². The highest BCUT2D eigenvalue weighted by Gasteiger charge is 2.15. The predicted octanol–water partition coefficient (Wildman–Crippen LogP) is 7.44. The van der Waals surface area contributed by atoms with Crippen molar-refractivity contribution in [3.8, 4) is 17.0 Å². The van der Waals surface area contributed by atoms with Crippen LogP contribution in [0.15, 0.2) is 77.3 Å². The Morgan fingerprint density at radius 3 is 2.38 bits per heavy atom. The number of hydrogen-bond acceptors (Lipinski definition) is 3. The molecule has 0 aliphatic carbocycles. The maximum Gasteiger partial charge on any atom is 0.256 e. The van der Waals surface area contributed by atoms with Crippen molar-refractivity contribution in [1.82, 2.24) is 4.98 Å². The lowest BCUT2D eigenvalue weighted by molar-refractivity contribution is 0.102. The molecule has 32 heavy (non-hydrogen) atoms. The van der Waals surface area contributed by atoms with Crippen molar-refractivity contribution in [3.05, 3.63) is 88.4 Å². The van der Waals surface area contributed by atoms with Crippen molar-refractivity contribution >= 4 is 38.4 Å². The molecule has 4 nitrogen and oxygen atoms in total. The molecule has 162 valence electrons. The van der Waals surface area contributed by atoms with Crippen molar-refractivity contribution in [2.75, 3.05) is 11.9 Å². The highest BCUT2D eigenvalue weighted by atomic mass is 79.9. The normalized spacial score (nSPS) is 11.0. The van der Waals surface area contributed by atoms with Gasteiger partial charge < -0.3 is 10.1 Å². The molecule has 1 N–H and O–H groups in total. The topological polar surface area (TPSA) is 51.2 Å². The highest BCUT2D eigenvalue weighted by molar-refractivity contribution is 9.10. The Morgan fingerprint density at radius 2 is 1.72 bits per heavy atom. The minimum Gasteiger partial charge on any atom is -0.494 e. The Kier molecular flexibility index (Phi) is 6.56. The van der Waals surface area contributed by atoms with Crippen LogP contribution in [0.4, 0.5) is 5.69 Å². The standard InChI is InChI=1S/C27H25BrN2O2/c1-4-32-22-12-10-21(11-13-22)29-27(31)24-16-26(19-7-5-18(6-8-19)17(2)3)30-25-14-9-20(28)15-23(24)25/h5-17H,4H2,1-3H3,(H,29,31). The minimum absolute atomic E-state index is 0.181. The Hall–Kier alpha value is -3.18. The average molecular weight is 489 g/mol. The van der Waals surface area contributed by atoms with Crippen LogP contribution in [0.5, 0.6) is 5.75 Å². The zero-order chi connectivity index (χ0) is 22.7. The second kappa shape index (κ2) is 9.53. The second-order valence-corrected chi connectivity index (χ2v) is 8.82. The van der Waals surface area contributed by atoms with Crippen molar-refractivity contribution in [2.45, 2.75) is 26.7 Å². The molecule has 0 saturated heterocycles. The first kappa shape index (κ1) is 22.0. The monoisotopic (exact) mass is 488 g/mol. The number of amides is 1. The molecule has 0 saturated carbocycles. The fourth-order valence-electron chi connectivity index (χ4n) is 3.57. The van der Waals surface area contributed by atoms with E-state index in [9.17, 15) is 4.79 Å². The van der Waals surface area contributed by atoms with Gasteiger partial charge in [-0.25, -0.2) is 4.98 Å². The van der Waals surface area contributed by atoms with Gasteiger partial charge >= 0.3 is 0 Å². The van der Waals surface area contributed by atoms with E-state index in [0.717, 1.165) is 32.4 Å². The Labute approximate surface area is 196 Å². The highest BCUT2D eigenvalue weighted by Crippen LogP contribution is 2.29. The SMILES string of the molecule is CCOc1ccc(NC(=O)c2cc(-c3ccc(C(C)C)cc3)nc3ccc(Br)cc23)cc1. The number of carbonyl (C=O) groups excluding carboxylic acids is 1. The molecule has 4 rings (SSSR count). The van der Waals surface area contributed by atoms with E-state index < -0.39 is 0 Å². The fourth-order valence-corrected chi connectivity index (χ4v) is 3.93. The third kappa shape index (κ3) is 4.83. The van der Waals surface area contributed by atoms with Crippen LogP contribution in [0.1, 0.15) is 42.6 Å². The first-order valence-corrected chi connectivity index (χ1v) is 11.5. The summed E-state index contributed by atoms with van der Waals surface area (Å²) in [6, 6.07) is 23.4. The molecular formula is C27H25BrN2O2. The number of carbonyl (C=O) groups is 1. The molecule has 1 aromatic heterocycles. The van der Waals surface area contributed by atoms with Gasteiger partial charge in [0.2, 0.25) is 0 Å². The maximum atomic E-state index is 13.3. The second-order valence-electron chi connectivity index (χ2n) is 7.90. The number of hydrogen-bond donors (Lipinski definition) is 1. The quantitative estimate of drug-likeness (QED) is 0.306. The number of nitrogens with zero attached hydrogens (tertiary/aromatic N) is 1. The van der Waals surface area contributed by atoms with E-state index in [2.05, 4.69) is 59.4 Å². The van der Waals surface area contributed by atoms with E-state index in [4.69, 9.17) is 9.72 Å². The molecule has 0 aliphatic heterocycles. The van der Waals surface area contributed by atoms with Gasteiger partial charge in [0.05, 0.1) is 23.4 Å². The first-order valence-electron chi connectivity index (χ1n) is 10.7. The summed E-state index contributed by atoms with van der Waals surface area (Å²) < 4.78 is 6.38. The number of nitrogens with one attached hydrogen (secondary N) is 1. The average Bonchev–Trinajstić information content (AvgIpc) is 2.80. The van der Waals surface area contributed by atoms with Crippen molar-refractivity contribution in [3.63, 3.8) is 0 Å². The van der Waals surface area contributed by atoms with Crippen molar-refractivity contribution in [1.29, 1.82) is 0 Å². The van der Waals surface area contributed by atoms with Gasteiger partial charge in [-0.05, 0) is 66.9 Å². The van der Waals surface area contributed by atoms with Gasteiger partial charge in [0.15, 0.2) is 0 Å². The number of halogens is 1. The van der Waals surface area contributed by atoms with E-state index in [1.807, 2.05) is 55.5 Å². The summed E-state index contributed by atoms with van der Waals surface area (Å²) in [5.74, 6) is 1.05. The third-order valence-corrected chi connectivity index (χ3v) is 5.80. The van der Waals surface area contributed by atoms with Gasteiger partial charge in [0, 0.05) is 21.1 Å². The largest absolute Gasteiger partial charge is 0.494 e. The van der Waals surface area contributed by atoms with Gasteiger partial charge in [0.25, 0.3) is 5.91 Å². The van der Waals surface area contributed by atoms with Gasteiger partial charge in [-0.15, -0.1) is 0 Å². The van der Waals surface area contributed by atoms with E-state index >= 15 is 0 Å². The van der Waals surface area contributed by atoms with Crippen LogP contribution in [0.25, 0.3) is 22.2 Å². The number of fused-ring (bicyclic) bond motifs is 1. The molecule has 0 radical (unpaired) electrons. The Morgan fingerprint density at radius 1 is 1.00 bits per heavy atom. The number of pyridine rings is 1. The number of benzene rings is 3. The molecule has 5 heteroatoms. The van der Waals surface area contributed by atoms with Crippen LogP contribution in [-0.4, -0.2) is 17.5 Å². The molecule has 0 aliphatic rings. The molecule has 0 unspecified atom stereocenters. The lowest BCUT2D eigenvalue weighted by Crippen LogP contribution is -2.13. The van der Waals surface area contributed by atoms with E-state index in [-0.39, 0.29) is 5.91 Å². The fraction of sp³-hybridized carbons (Fsp3) is 0.185. The summed E-state index contributed by atoms with van der Waals surface area (Å²) in [6.07, 6.45) is 0. The summed E-state index contributed by atoms with van der Waals surface area (Å²) >= 11 is 3.52. The molecule has 1 amide bonds. The smallest absolute Gasteiger partial charge is 0.256 e. The van der Waals surface area contributed by atoms with E-state index in [1.165, 1.54) is 5.56 Å². The van der Waals surface area contributed by atoms with Gasteiger partial charge in [0.1, 0.15) is 5.75 Å². The molecule has 0 bridgehead atoms. The van der Waals surface area contributed by atoms with Crippen molar-refractivity contribution < 1.29 is 9.53 Å². The lowest BCUT2D eigenvalue weighted by Gasteiger charge is -2.12. The van der Waals surface area contributed by atoms with Crippen LogP contribution in [0.3, 0.4) is 0 Å². The lowest BCUT2D eigenvalue weighted by atomic mass is 9.99.